The molecule has 1 aromatic carbocycles. The maximum atomic E-state index is 11.9. The van der Waals surface area contributed by atoms with Crippen LogP contribution in [0.5, 0.6) is 0 Å². The van der Waals surface area contributed by atoms with Crippen LogP contribution in [-0.2, 0) is 9.53 Å². The molecule has 0 bridgehead atoms. The van der Waals surface area contributed by atoms with E-state index in [2.05, 4.69) is 26.1 Å². The fraction of sp³-hybridized carbons (Fsp3) is 0.308. The van der Waals surface area contributed by atoms with Crippen LogP contribution in [0.4, 0.5) is 0 Å². The van der Waals surface area contributed by atoms with Crippen molar-refractivity contribution < 1.29 is 9.53 Å². The van der Waals surface area contributed by atoms with Crippen molar-refractivity contribution in [1.82, 2.24) is 10.2 Å². The first-order chi connectivity index (χ1) is 9.19. The Balaban J connectivity index is 2.58. The summed E-state index contributed by atoms with van der Waals surface area (Å²) in [5.41, 5.74) is 0.252. The highest BCUT2D eigenvalue weighted by molar-refractivity contribution is 9.09. The van der Waals surface area contributed by atoms with Crippen LogP contribution in [-0.4, -0.2) is 28.1 Å². The second-order valence-corrected chi connectivity index (χ2v) is 4.59. The average molecular weight is 325 g/mol. The van der Waals surface area contributed by atoms with Gasteiger partial charge in [-0.25, -0.2) is 5.10 Å². The molecule has 100 valence electrons. The number of carbonyl (C=O) groups excluding carboxylic acids is 1. The van der Waals surface area contributed by atoms with E-state index in [1.807, 2.05) is 6.07 Å². The fourth-order valence-electron chi connectivity index (χ4n) is 1.89. The van der Waals surface area contributed by atoms with Gasteiger partial charge in [0.25, 0.3) is 5.56 Å². The van der Waals surface area contributed by atoms with E-state index in [4.69, 9.17) is 4.74 Å². The predicted molar refractivity (Wildman–Crippen MR) is 75.5 cm³/mol. The van der Waals surface area contributed by atoms with Gasteiger partial charge >= 0.3 is 5.97 Å². The zero-order valence-corrected chi connectivity index (χ0v) is 11.9. The van der Waals surface area contributed by atoms with E-state index in [1.54, 1.807) is 25.1 Å². The number of carbonyl (C=O) groups is 1. The minimum atomic E-state index is -0.540. The first-order valence-electron chi connectivity index (χ1n) is 5.89. The number of nitrogens with one attached hydrogen (secondary N) is 1. The smallest absolute Gasteiger partial charge is 0.315 e. The molecular formula is C13H13BrN2O3. The SMILES string of the molecule is CCOC(=O)C(CBr)c1n[nH]c(=O)c2ccccc12. The Hall–Kier alpha value is -1.69. The lowest BCUT2D eigenvalue weighted by atomic mass is 10.0. The van der Waals surface area contributed by atoms with E-state index in [9.17, 15) is 9.59 Å². The van der Waals surface area contributed by atoms with Crippen molar-refractivity contribution in [3.05, 3.63) is 40.3 Å². The number of hydrogen-bond donors (Lipinski definition) is 1. The van der Waals surface area contributed by atoms with Crippen LogP contribution in [0.3, 0.4) is 0 Å². The van der Waals surface area contributed by atoms with Gasteiger partial charge in [0.1, 0.15) is 5.92 Å². The summed E-state index contributed by atoms with van der Waals surface area (Å²) in [7, 11) is 0. The molecule has 5 nitrogen and oxygen atoms in total. The molecule has 0 aliphatic rings. The summed E-state index contributed by atoms with van der Waals surface area (Å²) in [4.78, 5) is 23.6. The minimum absolute atomic E-state index is 0.267. The van der Waals surface area contributed by atoms with Gasteiger partial charge in [0, 0.05) is 10.7 Å². The Kier molecular flexibility index (Phi) is 4.31. The van der Waals surface area contributed by atoms with Gasteiger partial charge in [0.2, 0.25) is 0 Å². The lowest BCUT2D eigenvalue weighted by Crippen LogP contribution is -2.21. The van der Waals surface area contributed by atoms with Crippen molar-refractivity contribution in [2.45, 2.75) is 12.8 Å². The molecule has 19 heavy (non-hydrogen) atoms. The maximum absolute atomic E-state index is 11.9. The number of nitrogens with zero attached hydrogens (tertiary/aromatic N) is 1. The Morgan fingerprint density at radius 2 is 2.11 bits per heavy atom. The van der Waals surface area contributed by atoms with Gasteiger partial charge in [0.05, 0.1) is 17.7 Å². The molecule has 1 heterocycles. The number of H-pyrrole nitrogens is 1. The molecule has 0 fully saturated rings. The maximum Gasteiger partial charge on any atom is 0.315 e. The average Bonchev–Trinajstić information content (AvgIpc) is 2.43. The summed E-state index contributed by atoms with van der Waals surface area (Å²) in [5, 5.41) is 8.00. The highest BCUT2D eigenvalue weighted by atomic mass is 79.9. The zero-order valence-electron chi connectivity index (χ0n) is 10.4. The number of aromatic amines is 1. The third kappa shape index (κ3) is 2.68. The van der Waals surface area contributed by atoms with Gasteiger partial charge in [-0.2, -0.15) is 5.10 Å². The lowest BCUT2D eigenvalue weighted by molar-refractivity contribution is -0.144. The minimum Gasteiger partial charge on any atom is -0.465 e. The van der Waals surface area contributed by atoms with Crippen LogP contribution in [0.15, 0.2) is 29.1 Å². The van der Waals surface area contributed by atoms with Gasteiger partial charge in [-0.3, -0.25) is 9.59 Å². The molecule has 0 aliphatic carbocycles. The molecule has 0 radical (unpaired) electrons. The summed E-state index contributed by atoms with van der Waals surface area (Å²) >= 11 is 3.29. The molecule has 2 rings (SSSR count). The number of hydrogen-bond acceptors (Lipinski definition) is 4. The summed E-state index contributed by atoms with van der Waals surface area (Å²) in [6, 6.07) is 7.07. The number of ether oxygens (including phenoxy) is 1. The zero-order chi connectivity index (χ0) is 13.8. The Morgan fingerprint density at radius 1 is 1.42 bits per heavy atom. The summed E-state index contributed by atoms with van der Waals surface area (Å²) in [6.45, 7) is 2.06. The van der Waals surface area contributed by atoms with Crippen LogP contribution in [0.25, 0.3) is 10.8 Å². The van der Waals surface area contributed by atoms with Crippen molar-refractivity contribution >= 4 is 32.7 Å². The van der Waals surface area contributed by atoms with Gasteiger partial charge in [-0.15, -0.1) is 0 Å². The van der Waals surface area contributed by atoms with Gasteiger partial charge in [0.15, 0.2) is 0 Å². The first kappa shape index (κ1) is 13.7. The molecule has 0 saturated carbocycles. The number of fused-ring (bicyclic) bond motifs is 1. The van der Waals surface area contributed by atoms with Crippen molar-refractivity contribution in [3.8, 4) is 0 Å². The Morgan fingerprint density at radius 3 is 2.74 bits per heavy atom. The van der Waals surface area contributed by atoms with Crippen LogP contribution >= 0.6 is 15.9 Å². The molecular weight excluding hydrogens is 312 g/mol. The normalized spacial score (nSPS) is 12.3. The Labute approximate surface area is 118 Å². The van der Waals surface area contributed by atoms with Crippen molar-refractivity contribution in [3.63, 3.8) is 0 Å². The van der Waals surface area contributed by atoms with E-state index in [1.165, 1.54) is 0 Å². The molecule has 6 heteroatoms. The fourth-order valence-corrected chi connectivity index (χ4v) is 2.46. The number of halogens is 1. The Bertz CT molecular complexity index is 654. The molecule has 1 unspecified atom stereocenters. The number of benzene rings is 1. The second-order valence-electron chi connectivity index (χ2n) is 3.94. The highest BCUT2D eigenvalue weighted by Crippen LogP contribution is 2.24. The van der Waals surface area contributed by atoms with Crippen LogP contribution < -0.4 is 5.56 Å². The molecule has 0 amide bonds. The van der Waals surface area contributed by atoms with E-state index in [-0.39, 0.29) is 11.5 Å². The standard InChI is InChI=1S/C13H13BrN2O3/c1-2-19-13(18)10(7-14)11-8-5-3-4-6-9(8)12(17)16-15-11/h3-6,10H,2,7H2,1H3,(H,16,17). The molecule has 1 atom stereocenters. The van der Waals surface area contributed by atoms with Crippen molar-refractivity contribution in [2.24, 2.45) is 0 Å². The monoisotopic (exact) mass is 324 g/mol. The van der Waals surface area contributed by atoms with Crippen molar-refractivity contribution in [2.75, 3.05) is 11.9 Å². The second kappa shape index (κ2) is 5.97. The van der Waals surface area contributed by atoms with E-state index in [0.717, 1.165) is 0 Å². The number of alkyl halides is 1. The third-order valence-corrected chi connectivity index (χ3v) is 3.43. The third-order valence-electron chi connectivity index (χ3n) is 2.78. The topological polar surface area (TPSA) is 72.0 Å². The van der Waals surface area contributed by atoms with Crippen LogP contribution in [0.1, 0.15) is 18.5 Å². The highest BCUT2D eigenvalue weighted by Gasteiger charge is 2.25. The number of esters is 1. The van der Waals surface area contributed by atoms with Gasteiger partial charge in [-0.05, 0) is 13.0 Å². The van der Waals surface area contributed by atoms with Crippen molar-refractivity contribution in [1.29, 1.82) is 0 Å². The van der Waals surface area contributed by atoms with E-state index < -0.39 is 5.92 Å². The van der Waals surface area contributed by atoms with Gasteiger partial charge in [-0.1, -0.05) is 34.1 Å². The summed E-state index contributed by atoms with van der Waals surface area (Å²) in [5.74, 6) is -0.897. The van der Waals surface area contributed by atoms with Crippen LogP contribution in [0.2, 0.25) is 0 Å². The summed E-state index contributed by atoms with van der Waals surface area (Å²) in [6.07, 6.45) is 0. The molecule has 0 aliphatic heterocycles. The van der Waals surface area contributed by atoms with Gasteiger partial charge < -0.3 is 4.74 Å². The van der Waals surface area contributed by atoms with E-state index >= 15 is 0 Å². The lowest BCUT2D eigenvalue weighted by Gasteiger charge is -2.13. The van der Waals surface area contributed by atoms with Crippen LogP contribution in [0, 0.1) is 0 Å². The molecule has 0 saturated heterocycles. The molecule has 2 aromatic rings. The number of aromatic nitrogens is 2. The predicted octanol–water partition coefficient (Wildman–Crippen LogP) is 1.96. The number of rotatable bonds is 4. The molecule has 1 N–H and O–H groups in total. The first-order valence-corrected chi connectivity index (χ1v) is 7.01. The summed E-state index contributed by atoms with van der Waals surface area (Å²) < 4.78 is 5.03. The quantitative estimate of drug-likeness (QED) is 0.689. The molecule has 1 aromatic heterocycles. The molecule has 0 spiro atoms. The van der Waals surface area contributed by atoms with E-state index in [0.29, 0.717) is 28.4 Å². The largest absolute Gasteiger partial charge is 0.465 e.